The summed E-state index contributed by atoms with van der Waals surface area (Å²) in [6.45, 7) is 0. The largest absolute Gasteiger partial charge is 0.508 e. The van der Waals surface area contributed by atoms with Crippen LogP contribution in [0, 0.1) is 11.3 Å². The van der Waals surface area contributed by atoms with Gasteiger partial charge in [-0.15, -0.1) is 0 Å². The maximum atomic E-state index is 9.09. The molecular formula is C12H8N2O2. The number of nitrogens with zero attached hydrogens (tertiary/aromatic N) is 2. The van der Waals surface area contributed by atoms with Gasteiger partial charge >= 0.3 is 0 Å². The molecule has 0 saturated carbocycles. The van der Waals surface area contributed by atoms with Gasteiger partial charge in [0.05, 0.1) is 0 Å². The molecule has 1 aromatic carbocycles. The number of benzene rings is 1. The number of phenolic OH excluding ortho intramolecular Hbond substituents is 1. The van der Waals surface area contributed by atoms with Crippen molar-refractivity contribution in [1.29, 1.82) is 5.26 Å². The maximum Gasteiger partial charge on any atom is 0.220 e. The van der Waals surface area contributed by atoms with Crippen LogP contribution in [0.2, 0.25) is 0 Å². The molecule has 0 unspecified atom stereocenters. The number of phenols is 1. The Morgan fingerprint density at radius 2 is 1.88 bits per heavy atom. The highest BCUT2D eigenvalue weighted by molar-refractivity contribution is 5.33. The van der Waals surface area contributed by atoms with Crippen molar-refractivity contribution in [1.82, 2.24) is 4.98 Å². The van der Waals surface area contributed by atoms with Gasteiger partial charge in [-0.2, -0.15) is 5.26 Å². The molecule has 78 valence electrons. The molecule has 4 heteroatoms. The predicted octanol–water partition coefficient (Wildman–Crippen LogP) is 2.45. The molecule has 1 heterocycles. The van der Waals surface area contributed by atoms with Crippen LogP contribution in [0.1, 0.15) is 5.69 Å². The molecule has 1 aromatic heterocycles. The molecule has 2 aromatic rings. The van der Waals surface area contributed by atoms with Gasteiger partial charge in [0.25, 0.3) is 0 Å². The van der Waals surface area contributed by atoms with E-state index in [1.165, 1.54) is 12.1 Å². The van der Waals surface area contributed by atoms with Gasteiger partial charge in [0, 0.05) is 6.07 Å². The first-order valence-corrected chi connectivity index (χ1v) is 4.62. The Hall–Kier alpha value is -2.54. The molecule has 2 rings (SSSR count). The Morgan fingerprint density at radius 1 is 1.12 bits per heavy atom. The van der Waals surface area contributed by atoms with Crippen LogP contribution in [-0.4, -0.2) is 10.1 Å². The van der Waals surface area contributed by atoms with Crippen LogP contribution in [-0.2, 0) is 0 Å². The van der Waals surface area contributed by atoms with Crippen molar-refractivity contribution in [2.45, 2.75) is 0 Å². The number of aromatic nitrogens is 1. The number of hydrogen-bond acceptors (Lipinski definition) is 4. The molecule has 0 aliphatic rings. The lowest BCUT2D eigenvalue weighted by Gasteiger charge is -2.04. The van der Waals surface area contributed by atoms with Crippen molar-refractivity contribution in [3.05, 3.63) is 48.2 Å². The van der Waals surface area contributed by atoms with Crippen molar-refractivity contribution in [3.63, 3.8) is 0 Å². The van der Waals surface area contributed by atoms with Gasteiger partial charge in [0.15, 0.2) is 0 Å². The monoisotopic (exact) mass is 212 g/mol. The minimum Gasteiger partial charge on any atom is -0.508 e. The van der Waals surface area contributed by atoms with Gasteiger partial charge in [0.2, 0.25) is 5.88 Å². The highest BCUT2D eigenvalue weighted by atomic mass is 16.5. The van der Waals surface area contributed by atoms with E-state index < -0.39 is 0 Å². The standard InChI is InChI=1S/C12H8N2O2/c13-8-9-2-1-3-12(14-9)16-11-6-4-10(15)5-7-11/h1-7,15H. The number of pyridine rings is 1. The molecule has 0 aliphatic carbocycles. The summed E-state index contributed by atoms with van der Waals surface area (Å²) in [5.41, 5.74) is 0.302. The lowest BCUT2D eigenvalue weighted by molar-refractivity contribution is 0.453. The smallest absolute Gasteiger partial charge is 0.220 e. The molecule has 0 atom stereocenters. The van der Waals surface area contributed by atoms with Gasteiger partial charge in [0.1, 0.15) is 23.3 Å². The van der Waals surface area contributed by atoms with Crippen molar-refractivity contribution in [2.75, 3.05) is 0 Å². The topological polar surface area (TPSA) is 66.1 Å². The van der Waals surface area contributed by atoms with Gasteiger partial charge in [-0.1, -0.05) is 6.07 Å². The second-order valence-corrected chi connectivity index (χ2v) is 3.07. The average molecular weight is 212 g/mol. The van der Waals surface area contributed by atoms with E-state index in [0.717, 1.165) is 0 Å². The van der Waals surface area contributed by atoms with Crippen LogP contribution in [0.3, 0.4) is 0 Å². The third kappa shape index (κ3) is 2.28. The Bertz CT molecular complexity index is 529. The first-order valence-electron chi connectivity index (χ1n) is 4.62. The summed E-state index contributed by atoms with van der Waals surface area (Å²) in [4.78, 5) is 3.96. The van der Waals surface area contributed by atoms with Crippen LogP contribution in [0.5, 0.6) is 17.4 Å². The summed E-state index contributed by atoms with van der Waals surface area (Å²) in [5, 5.41) is 17.8. The molecule has 0 aliphatic heterocycles. The summed E-state index contributed by atoms with van der Waals surface area (Å²) >= 11 is 0. The van der Waals surface area contributed by atoms with E-state index in [1.54, 1.807) is 30.3 Å². The summed E-state index contributed by atoms with van der Waals surface area (Å²) < 4.78 is 5.40. The number of hydrogen-bond donors (Lipinski definition) is 1. The first-order chi connectivity index (χ1) is 7.78. The lowest BCUT2D eigenvalue weighted by atomic mass is 10.3. The van der Waals surface area contributed by atoms with Crippen molar-refractivity contribution in [2.24, 2.45) is 0 Å². The Kier molecular flexibility index (Phi) is 2.70. The third-order valence-corrected chi connectivity index (χ3v) is 1.90. The number of nitriles is 1. The maximum absolute atomic E-state index is 9.09. The second-order valence-electron chi connectivity index (χ2n) is 3.07. The number of ether oxygens (including phenoxy) is 1. The fraction of sp³-hybridized carbons (Fsp3) is 0. The molecule has 16 heavy (non-hydrogen) atoms. The van der Waals surface area contributed by atoms with Gasteiger partial charge in [-0.3, -0.25) is 0 Å². The highest BCUT2D eigenvalue weighted by Crippen LogP contribution is 2.21. The molecule has 4 nitrogen and oxygen atoms in total. The molecule has 0 spiro atoms. The van der Waals surface area contributed by atoms with E-state index in [2.05, 4.69) is 4.98 Å². The Labute approximate surface area is 92.4 Å². The molecular weight excluding hydrogens is 204 g/mol. The van der Waals surface area contributed by atoms with Crippen LogP contribution >= 0.6 is 0 Å². The lowest BCUT2D eigenvalue weighted by Crippen LogP contribution is -1.89. The zero-order valence-corrected chi connectivity index (χ0v) is 8.29. The highest BCUT2D eigenvalue weighted by Gasteiger charge is 1.99. The van der Waals surface area contributed by atoms with Crippen molar-refractivity contribution < 1.29 is 9.84 Å². The summed E-state index contributed by atoms with van der Waals surface area (Å²) in [5.74, 6) is 1.08. The Morgan fingerprint density at radius 3 is 2.56 bits per heavy atom. The zero-order valence-electron chi connectivity index (χ0n) is 8.29. The summed E-state index contributed by atoms with van der Waals surface area (Å²) in [6.07, 6.45) is 0. The fourth-order valence-electron chi connectivity index (χ4n) is 1.17. The minimum atomic E-state index is 0.172. The summed E-state index contributed by atoms with van der Waals surface area (Å²) in [6, 6.07) is 13.2. The third-order valence-electron chi connectivity index (χ3n) is 1.90. The normalized spacial score (nSPS) is 9.44. The van der Waals surface area contributed by atoms with Crippen LogP contribution < -0.4 is 4.74 Å². The van der Waals surface area contributed by atoms with Gasteiger partial charge in [-0.05, 0) is 30.3 Å². The molecule has 0 fully saturated rings. The van der Waals surface area contributed by atoms with Crippen LogP contribution in [0.25, 0.3) is 0 Å². The average Bonchev–Trinajstić information content (AvgIpc) is 2.32. The predicted molar refractivity (Wildman–Crippen MR) is 57.1 cm³/mol. The minimum absolute atomic E-state index is 0.172. The van der Waals surface area contributed by atoms with Gasteiger partial charge in [-0.25, -0.2) is 4.98 Å². The molecule has 0 radical (unpaired) electrons. The van der Waals surface area contributed by atoms with E-state index in [1.807, 2.05) is 6.07 Å². The molecule has 0 amide bonds. The van der Waals surface area contributed by atoms with E-state index in [0.29, 0.717) is 17.3 Å². The Balaban J connectivity index is 2.21. The summed E-state index contributed by atoms with van der Waals surface area (Å²) in [7, 11) is 0. The SMILES string of the molecule is N#Cc1cccc(Oc2ccc(O)cc2)n1. The van der Waals surface area contributed by atoms with E-state index >= 15 is 0 Å². The van der Waals surface area contributed by atoms with Crippen molar-refractivity contribution >= 4 is 0 Å². The molecule has 1 N–H and O–H groups in total. The van der Waals surface area contributed by atoms with Gasteiger partial charge < -0.3 is 9.84 Å². The number of aromatic hydroxyl groups is 1. The van der Waals surface area contributed by atoms with E-state index in [4.69, 9.17) is 15.1 Å². The van der Waals surface area contributed by atoms with Crippen molar-refractivity contribution in [3.8, 4) is 23.4 Å². The quantitative estimate of drug-likeness (QED) is 0.830. The first kappa shape index (κ1) is 9.99. The number of rotatable bonds is 2. The second kappa shape index (κ2) is 4.32. The van der Waals surface area contributed by atoms with E-state index in [9.17, 15) is 0 Å². The van der Waals surface area contributed by atoms with Crippen LogP contribution in [0.15, 0.2) is 42.5 Å². The zero-order chi connectivity index (χ0) is 11.4. The molecule has 0 saturated heterocycles. The fourth-order valence-corrected chi connectivity index (χ4v) is 1.17. The molecule has 0 bridgehead atoms. The van der Waals surface area contributed by atoms with E-state index in [-0.39, 0.29) is 5.75 Å². The van der Waals surface area contributed by atoms with Crippen LogP contribution in [0.4, 0.5) is 0 Å².